The summed E-state index contributed by atoms with van der Waals surface area (Å²) in [4.78, 5) is 22.4. The van der Waals surface area contributed by atoms with Crippen LogP contribution >= 0.6 is 0 Å². The molecule has 0 unspecified atom stereocenters. The molecule has 3 heteroatoms. The molecule has 0 bridgehead atoms. The second-order valence-electron chi connectivity index (χ2n) is 4.08. The van der Waals surface area contributed by atoms with E-state index in [0.29, 0.717) is 5.57 Å². The van der Waals surface area contributed by atoms with Gasteiger partial charge in [0, 0.05) is 5.57 Å². The molecule has 1 aliphatic heterocycles. The van der Waals surface area contributed by atoms with Gasteiger partial charge in [-0.1, -0.05) is 23.8 Å². The number of nitrogens with one attached hydrogen (secondary N) is 1. The molecule has 1 aromatic rings. The summed E-state index contributed by atoms with van der Waals surface area (Å²) in [5, 5.41) is 2.28. The molecule has 0 radical (unpaired) electrons. The topological polar surface area (TPSA) is 46.2 Å². The first kappa shape index (κ1) is 10.6. The number of benzene rings is 1. The molecule has 0 saturated carbocycles. The van der Waals surface area contributed by atoms with Crippen LogP contribution in [0.3, 0.4) is 0 Å². The molecule has 1 saturated heterocycles. The van der Waals surface area contributed by atoms with Gasteiger partial charge in [0.2, 0.25) is 5.91 Å². The summed E-state index contributed by atoms with van der Waals surface area (Å²) in [6, 6.07) is 6.05. The number of aryl methyl sites for hydroxylation is 2. The Balaban J connectivity index is 2.39. The Labute approximate surface area is 94.2 Å². The van der Waals surface area contributed by atoms with Crippen molar-refractivity contribution in [2.24, 2.45) is 0 Å². The van der Waals surface area contributed by atoms with Crippen LogP contribution in [-0.2, 0) is 9.59 Å². The Morgan fingerprint density at radius 3 is 2.62 bits per heavy atom. The summed E-state index contributed by atoms with van der Waals surface area (Å²) < 4.78 is 0. The third-order valence-electron chi connectivity index (χ3n) is 2.66. The molecule has 1 aliphatic rings. The normalized spacial score (nSPS) is 18.0. The number of carbonyl (C=O) groups is 2. The Kier molecular flexibility index (Phi) is 2.60. The van der Waals surface area contributed by atoms with E-state index in [-0.39, 0.29) is 18.2 Å². The molecule has 2 rings (SSSR count). The standard InChI is InChI=1S/C13H13NO2/c1-8-3-4-9(2)10(5-8)6-11-7-12(15)14-13(11)16/h3-6H,7H2,1-2H3,(H,14,15,16). The monoisotopic (exact) mass is 215 g/mol. The van der Waals surface area contributed by atoms with Gasteiger partial charge < -0.3 is 0 Å². The Bertz CT molecular complexity index is 501. The lowest BCUT2D eigenvalue weighted by atomic mass is 10.0. The van der Waals surface area contributed by atoms with E-state index in [9.17, 15) is 9.59 Å². The van der Waals surface area contributed by atoms with E-state index >= 15 is 0 Å². The molecule has 2 amide bonds. The summed E-state index contributed by atoms with van der Waals surface area (Å²) in [6.07, 6.45) is 1.98. The van der Waals surface area contributed by atoms with Crippen molar-refractivity contribution in [2.75, 3.05) is 0 Å². The van der Waals surface area contributed by atoms with E-state index in [1.54, 1.807) is 6.08 Å². The van der Waals surface area contributed by atoms with E-state index in [4.69, 9.17) is 0 Å². The first-order valence-corrected chi connectivity index (χ1v) is 5.18. The lowest BCUT2D eigenvalue weighted by Crippen LogP contribution is -2.19. The molecular formula is C13H13NO2. The first-order chi connectivity index (χ1) is 7.56. The van der Waals surface area contributed by atoms with Crippen molar-refractivity contribution < 1.29 is 9.59 Å². The predicted molar refractivity (Wildman–Crippen MR) is 61.7 cm³/mol. The zero-order valence-corrected chi connectivity index (χ0v) is 9.33. The number of carbonyl (C=O) groups excluding carboxylic acids is 2. The van der Waals surface area contributed by atoms with Gasteiger partial charge in [-0.2, -0.15) is 0 Å². The third-order valence-corrected chi connectivity index (χ3v) is 2.66. The van der Waals surface area contributed by atoms with E-state index in [2.05, 4.69) is 5.32 Å². The Morgan fingerprint density at radius 2 is 2.00 bits per heavy atom. The van der Waals surface area contributed by atoms with Gasteiger partial charge in [-0.3, -0.25) is 14.9 Å². The maximum atomic E-state index is 11.4. The maximum absolute atomic E-state index is 11.4. The van der Waals surface area contributed by atoms with Crippen molar-refractivity contribution in [1.82, 2.24) is 5.32 Å². The lowest BCUT2D eigenvalue weighted by Gasteiger charge is -2.02. The van der Waals surface area contributed by atoms with Gasteiger partial charge in [0.1, 0.15) is 0 Å². The van der Waals surface area contributed by atoms with Gasteiger partial charge >= 0.3 is 0 Å². The Morgan fingerprint density at radius 1 is 1.25 bits per heavy atom. The largest absolute Gasteiger partial charge is 0.292 e. The van der Waals surface area contributed by atoms with Gasteiger partial charge in [0.05, 0.1) is 6.42 Å². The van der Waals surface area contributed by atoms with Crippen molar-refractivity contribution >= 4 is 17.9 Å². The molecular weight excluding hydrogens is 202 g/mol. The van der Waals surface area contributed by atoms with Crippen molar-refractivity contribution in [2.45, 2.75) is 20.3 Å². The number of rotatable bonds is 1. The summed E-state index contributed by atoms with van der Waals surface area (Å²) in [7, 11) is 0. The quantitative estimate of drug-likeness (QED) is 0.573. The van der Waals surface area contributed by atoms with E-state index < -0.39 is 0 Å². The van der Waals surface area contributed by atoms with E-state index in [1.807, 2.05) is 32.0 Å². The summed E-state index contributed by atoms with van der Waals surface area (Å²) in [6.45, 7) is 3.99. The highest BCUT2D eigenvalue weighted by molar-refractivity contribution is 6.15. The van der Waals surface area contributed by atoms with Crippen LogP contribution in [-0.4, -0.2) is 11.8 Å². The zero-order chi connectivity index (χ0) is 11.7. The molecule has 16 heavy (non-hydrogen) atoms. The minimum atomic E-state index is -0.272. The highest BCUT2D eigenvalue weighted by Gasteiger charge is 2.23. The van der Waals surface area contributed by atoms with E-state index in [0.717, 1.165) is 16.7 Å². The van der Waals surface area contributed by atoms with Crippen LogP contribution in [0.25, 0.3) is 6.08 Å². The molecule has 0 atom stereocenters. The number of hydrogen-bond acceptors (Lipinski definition) is 2. The van der Waals surface area contributed by atoms with Crippen LogP contribution in [0.2, 0.25) is 0 Å². The van der Waals surface area contributed by atoms with Gasteiger partial charge in [0.15, 0.2) is 0 Å². The zero-order valence-electron chi connectivity index (χ0n) is 9.33. The fourth-order valence-corrected chi connectivity index (χ4v) is 1.72. The molecule has 0 aromatic heterocycles. The minimum absolute atomic E-state index is 0.187. The fraction of sp³-hybridized carbons (Fsp3) is 0.231. The molecule has 3 nitrogen and oxygen atoms in total. The average Bonchev–Trinajstić information content (AvgIpc) is 2.51. The third kappa shape index (κ3) is 2.03. The van der Waals surface area contributed by atoms with Gasteiger partial charge in [-0.25, -0.2) is 0 Å². The van der Waals surface area contributed by atoms with Gasteiger partial charge in [-0.05, 0) is 31.1 Å². The van der Waals surface area contributed by atoms with Crippen LogP contribution in [0.15, 0.2) is 23.8 Å². The van der Waals surface area contributed by atoms with Crippen molar-refractivity contribution in [3.63, 3.8) is 0 Å². The summed E-state index contributed by atoms with van der Waals surface area (Å²) in [5.74, 6) is -0.493. The fourth-order valence-electron chi connectivity index (χ4n) is 1.72. The molecule has 1 fully saturated rings. The van der Waals surface area contributed by atoms with Crippen LogP contribution in [0.5, 0.6) is 0 Å². The second kappa shape index (κ2) is 3.93. The van der Waals surface area contributed by atoms with Gasteiger partial charge in [-0.15, -0.1) is 0 Å². The second-order valence-corrected chi connectivity index (χ2v) is 4.08. The SMILES string of the molecule is Cc1ccc(C)c(C=C2CC(=O)NC2=O)c1. The van der Waals surface area contributed by atoms with Crippen molar-refractivity contribution in [3.05, 3.63) is 40.5 Å². The van der Waals surface area contributed by atoms with Crippen molar-refractivity contribution in [1.29, 1.82) is 0 Å². The number of hydrogen-bond donors (Lipinski definition) is 1. The molecule has 0 aliphatic carbocycles. The minimum Gasteiger partial charge on any atom is -0.292 e. The van der Waals surface area contributed by atoms with Crippen molar-refractivity contribution in [3.8, 4) is 0 Å². The van der Waals surface area contributed by atoms with Crippen LogP contribution in [0.1, 0.15) is 23.1 Å². The number of imide groups is 1. The smallest absolute Gasteiger partial charge is 0.254 e. The van der Waals surface area contributed by atoms with Crippen LogP contribution in [0.4, 0.5) is 0 Å². The molecule has 1 heterocycles. The first-order valence-electron chi connectivity index (χ1n) is 5.18. The predicted octanol–water partition coefficient (Wildman–Crippen LogP) is 1.73. The highest BCUT2D eigenvalue weighted by Crippen LogP contribution is 2.18. The highest BCUT2D eigenvalue weighted by atomic mass is 16.2. The maximum Gasteiger partial charge on any atom is 0.254 e. The number of amides is 2. The van der Waals surface area contributed by atoms with E-state index in [1.165, 1.54) is 0 Å². The van der Waals surface area contributed by atoms with Gasteiger partial charge in [0.25, 0.3) is 5.91 Å². The lowest BCUT2D eigenvalue weighted by molar-refractivity contribution is -0.124. The molecule has 1 aromatic carbocycles. The average molecular weight is 215 g/mol. The molecule has 0 spiro atoms. The summed E-state index contributed by atoms with van der Waals surface area (Å²) >= 11 is 0. The molecule has 1 N–H and O–H groups in total. The Hall–Kier alpha value is -1.90. The summed E-state index contributed by atoms with van der Waals surface area (Å²) in [5.41, 5.74) is 3.78. The molecule has 82 valence electrons. The van der Waals surface area contributed by atoms with Crippen LogP contribution < -0.4 is 5.32 Å². The van der Waals surface area contributed by atoms with Crippen LogP contribution in [0, 0.1) is 13.8 Å².